The van der Waals surface area contributed by atoms with Gasteiger partial charge >= 0.3 is 0 Å². The second kappa shape index (κ2) is 6.36. The van der Waals surface area contributed by atoms with Crippen LogP contribution in [0.15, 0.2) is 5.38 Å². The van der Waals surface area contributed by atoms with Gasteiger partial charge in [0.15, 0.2) is 5.13 Å². The zero-order chi connectivity index (χ0) is 13.0. The lowest BCUT2D eigenvalue weighted by atomic mass is 9.97. The normalized spacial score (nSPS) is 19.9. The highest BCUT2D eigenvalue weighted by molar-refractivity contribution is 7.14. The van der Waals surface area contributed by atoms with Gasteiger partial charge in [0.05, 0.1) is 5.92 Å². The quantitative estimate of drug-likeness (QED) is 0.870. The SMILES string of the molecule is NCCNC(=O)C1CCCN(c2nc(Cl)cs2)C1. The van der Waals surface area contributed by atoms with Gasteiger partial charge in [0.2, 0.25) is 5.91 Å². The minimum Gasteiger partial charge on any atom is -0.355 e. The number of aromatic nitrogens is 1. The molecule has 1 aliphatic heterocycles. The first-order valence-electron chi connectivity index (χ1n) is 6.04. The molecule has 1 aliphatic rings. The van der Waals surface area contributed by atoms with Crippen LogP contribution < -0.4 is 16.0 Å². The molecule has 0 aliphatic carbocycles. The number of hydrogen-bond acceptors (Lipinski definition) is 5. The molecule has 5 nitrogen and oxygen atoms in total. The van der Waals surface area contributed by atoms with Crippen LogP contribution in [0.5, 0.6) is 0 Å². The molecule has 1 amide bonds. The maximum atomic E-state index is 11.9. The van der Waals surface area contributed by atoms with Gasteiger partial charge in [0.25, 0.3) is 0 Å². The van der Waals surface area contributed by atoms with Crippen molar-refractivity contribution in [2.24, 2.45) is 11.7 Å². The van der Waals surface area contributed by atoms with E-state index in [0.717, 1.165) is 24.5 Å². The Morgan fingerprint density at radius 1 is 1.72 bits per heavy atom. The summed E-state index contributed by atoms with van der Waals surface area (Å²) in [4.78, 5) is 18.3. The predicted octanol–water partition coefficient (Wildman–Crippen LogP) is 1.09. The molecule has 0 spiro atoms. The molecule has 1 saturated heterocycles. The van der Waals surface area contributed by atoms with Crippen molar-refractivity contribution in [3.8, 4) is 0 Å². The molecule has 1 unspecified atom stereocenters. The summed E-state index contributed by atoms with van der Waals surface area (Å²) in [6.07, 6.45) is 1.92. The van der Waals surface area contributed by atoms with Crippen molar-refractivity contribution >= 4 is 34.0 Å². The molecule has 2 rings (SSSR count). The Bertz CT molecular complexity index is 412. The lowest BCUT2D eigenvalue weighted by molar-refractivity contribution is -0.125. The number of hydrogen-bond donors (Lipinski definition) is 2. The molecule has 1 fully saturated rings. The molecule has 0 aromatic carbocycles. The highest BCUT2D eigenvalue weighted by Gasteiger charge is 2.26. The number of anilines is 1. The Morgan fingerprint density at radius 3 is 3.22 bits per heavy atom. The Hall–Kier alpha value is -0.850. The maximum absolute atomic E-state index is 11.9. The minimum atomic E-state index is 0.0213. The van der Waals surface area contributed by atoms with Gasteiger partial charge in [0, 0.05) is 31.6 Å². The van der Waals surface area contributed by atoms with Crippen molar-refractivity contribution < 1.29 is 4.79 Å². The molecule has 3 N–H and O–H groups in total. The van der Waals surface area contributed by atoms with E-state index in [9.17, 15) is 4.79 Å². The van der Waals surface area contributed by atoms with Gasteiger partial charge in [-0.25, -0.2) is 4.98 Å². The van der Waals surface area contributed by atoms with Crippen LogP contribution in [0.4, 0.5) is 5.13 Å². The molecule has 0 radical (unpaired) electrons. The van der Waals surface area contributed by atoms with Crippen molar-refractivity contribution in [1.29, 1.82) is 0 Å². The van der Waals surface area contributed by atoms with Crippen LogP contribution in [0.1, 0.15) is 12.8 Å². The first kappa shape index (κ1) is 13.6. The van der Waals surface area contributed by atoms with Gasteiger partial charge in [0.1, 0.15) is 5.15 Å². The van der Waals surface area contributed by atoms with E-state index in [4.69, 9.17) is 17.3 Å². The van der Waals surface area contributed by atoms with Crippen LogP contribution in [0.2, 0.25) is 5.15 Å². The molecular weight excluding hydrogens is 272 g/mol. The monoisotopic (exact) mass is 288 g/mol. The van der Waals surface area contributed by atoms with E-state index >= 15 is 0 Å². The van der Waals surface area contributed by atoms with Gasteiger partial charge in [-0.1, -0.05) is 11.6 Å². The van der Waals surface area contributed by atoms with Crippen LogP contribution in [0.3, 0.4) is 0 Å². The van der Waals surface area contributed by atoms with Crippen molar-refractivity contribution in [3.05, 3.63) is 10.5 Å². The smallest absolute Gasteiger partial charge is 0.224 e. The number of piperidine rings is 1. The lowest BCUT2D eigenvalue weighted by Crippen LogP contribution is -2.44. The molecule has 2 heterocycles. The molecule has 1 aromatic heterocycles. The van der Waals surface area contributed by atoms with E-state index < -0.39 is 0 Å². The predicted molar refractivity (Wildman–Crippen MR) is 74.1 cm³/mol. The van der Waals surface area contributed by atoms with Crippen LogP contribution in [0.25, 0.3) is 0 Å². The molecule has 1 atom stereocenters. The third-order valence-corrected chi connectivity index (χ3v) is 4.19. The summed E-state index contributed by atoms with van der Waals surface area (Å²) < 4.78 is 0. The number of nitrogens with zero attached hydrogens (tertiary/aromatic N) is 2. The molecule has 0 saturated carbocycles. The number of carbonyl (C=O) groups is 1. The summed E-state index contributed by atoms with van der Waals surface area (Å²) in [5.74, 6) is 0.112. The number of halogens is 1. The van der Waals surface area contributed by atoms with Crippen molar-refractivity contribution in [1.82, 2.24) is 10.3 Å². The average Bonchev–Trinajstić information content (AvgIpc) is 2.83. The lowest BCUT2D eigenvalue weighted by Gasteiger charge is -2.31. The zero-order valence-electron chi connectivity index (χ0n) is 10.1. The second-order valence-electron chi connectivity index (χ2n) is 4.32. The summed E-state index contributed by atoms with van der Waals surface area (Å²) in [5.41, 5.74) is 5.38. The van der Waals surface area contributed by atoms with Gasteiger partial charge in [-0.15, -0.1) is 11.3 Å². The van der Waals surface area contributed by atoms with Gasteiger partial charge in [-0.2, -0.15) is 0 Å². The van der Waals surface area contributed by atoms with E-state index in [1.807, 2.05) is 5.38 Å². The van der Waals surface area contributed by atoms with Gasteiger partial charge in [-0.05, 0) is 12.8 Å². The fourth-order valence-corrected chi connectivity index (χ4v) is 3.08. The summed E-state index contributed by atoms with van der Waals surface area (Å²) in [7, 11) is 0. The number of nitrogens with two attached hydrogens (primary N) is 1. The minimum absolute atomic E-state index is 0.0213. The Labute approximate surface area is 115 Å². The van der Waals surface area contributed by atoms with Gasteiger partial charge in [-0.3, -0.25) is 4.79 Å². The maximum Gasteiger partial charge on any atom is 0.224 e. The van der Waals surface area contributed by atoms with E-state index in [-0.39, 0.29) is 11.8 Å². The van der Waals surface area contributed by atoms with E-state index in [0.29, 0.717) is 24.8 Å². The summed E-state index contributed by atoms with van der Waals surface area (Å²) >= 11 is 7.35. The molecule has 1 aromatic rings. The van der Waals surface area contributed by atoms with Crippen molar-refractivity contribution in [2.75, 3.05) is 31.1 Å². The summed E-state index contributed by atoms with van der Waals surface area (Å²) in [6.45, 7) is 2.66. The summed E-state index contributed by atoms with van der Waals surface area (Å²) in [5, 5.41) is 6.08. The summed E-state index contributed by atoms with van der Waals surface area (Å²) in [6, 6.07) is 0. The largest absolute Gasteiger partial charge is 0.355 e. The fourth-order valence-electron chi connectivity index (χ4n) is 2.10. The number of carbonyl (C=O) groups excluding carboxylic acids is 1. The van der Waals surface area contributed by atoms with Crippen LogP contribution in [0, 0.1) is 5.92 Å². The third-order valence-electron chi connectivity index (χ3n) is 2.97. The number of thiazole rings is 1. The zero-order valence-corrected chi connectivity index (χ0v) is 11.6. The third kappa shape index (κ3) is 3.34. The molecule has 100 valence electrons. The Kier molecular flexibility index (Phi) is 4.79. The standard InChI is InChI=1S/C11H17ClN4OS/c12-9-7-18-11(15-9)16-5-1-2-8(6-16)10(17)14-4-3-13/h7-8H,1-6,13H2,(H,14,17). The van der Waals surface area contributed by atoms with Crippen LogP contribution in [-0.2, 0) is 4.79 Å². The molecule has 7 heteroatoms. The highest BCUT2D eigenvalue weighted by Crippen LogP contribution is 2.27. The number of rotatable bonds is 4. The molecule has 0 bridgehead atoms. The fraction of sp³-hybridized carbons (Fsp3) is 0.636. The van der Waals surface area contributed by atoms with Crippen LogP contribution >= 0.6 is 22.9 Å². The molecular formula is C11H17ClN4OS. The van der Waals surface area contributed by atoms with Crippen LogP contribution in [-0.4, -0.2) is 37.1 Å². The molecule has 18 heavy (non-hydrogen) atoms. The van der Waals surface area contributed by atoms with E-state index in [2.05, 4.69) is 15.2 Å². The topological polar surface area (TPSA) is 71.2 Å². The Morgan fingerprint density at radius 2 is 2.56 bits per heavy atom. The Balaban J connectivity index is 1.94. The van der Waals surface area contributed by atoms with E-state index in [1.165, 1.54) is 11.3 Å². The highest BCUT2D eigenvalue weighted by atomic mass is 35.5. The average molecular weight is 289 g/mol. The number of nitrogens with one attached hydrogen (secondary N) is 1. The van der Waals surface area contributed by atoms with Crippen molar-refractivity contribution in [2.45, 2.75) is 12.8 Å². The van der Waals surface area contributed by atoms with E-state index in [1.54, 1.807) is 0 Å². The van der Waals surface area contributed by atoms with Crippen molar-refractivity contribution in [3.63, 3.8) is 0 Å². The first-order valence-corrected chi connectivity index (χ1v) is 7.30. The number of amides is 1. The van der Waals surface area contributed by atoms with Gasteiger partial charge < -0.3 is 16.0 Å². The first-order chi connectivity index (χ1) is 8.70. The second-order valence-corrected chi connectivity index (χ2v) is 5.54.